The third-order valence-corrected chi connectivity index (χ3v) is 3.15. The monoisotopic (exact) mass is 324 g/mol. The molecule has 0 aliphatic carbocycles. The van der Waals surface area contributed by atoms with Gasteiger partial charge in [-0.25, -0.2) is 0 Å². The van der Waals surface area contributed by atoms with Gasteiger partial charge in [-0.15, -0.1) is 0 Å². The molecule has 0 bridgehead atoms. The number of hydrogen-bond donors (Lipinski definition) is 0. The van der Waals surface area contributed by atoms with Gasteiger partial charge in [-0.2, -0.15) is 8.42 Å². The Morgan fingerprint density at radius 2 is 1.85 bits per heavy atom. The summed E-state index contributed by atoms with van der Waals surface area (Å²) >= 11 is 5.76. The van der Waals surface area contributed by atoms with Gasteiger partial charge in [-0.3, -0.25) is 24.4 Å². The molecular formula is C9H9ClN2O7S. The molecule has 0 heterocycles. The number of halogens is 1. The molecule has 1 aromatic carbocycles. The third kappa shape index (κ3) is 4.40. The summed E-state index contributed by atoms with van der Waals surface area (Å²) in [5.41, 5.74) is -1.10. The smallest absolute Gasteiger partial charge is 0.270 e. The molecule has 0 aliphatic rings. The molecule has 11 heteroatoms. The average molecular weight is 325 g/mol. The van der Waals surface area contributed by atoms with Crippen LogP contribution in [-0.2, 0) is 20.7 Å². The van der Waals surface area contributed by atoms with Gasteiger partial charge in [0.25, 0.3) is 21.5 Å². The highest BCUT2D eigenvalue weighted by Crippen LogP contribution is 2.32. The minimum atomic E-state index is -3.68. The first-order valence-corrected chi connectivity index (χ1v) is 7.27. The second kappa shape index (κ2) is 6.11. The Hall–Kier alpha value is -1.78. The van der Waals surface area contributed by atoms with E-state index in [4.69, 9.17) is 11.6 Å². The SMILES string of the molecule is CS(=O)(=O)OCCc1c(Cl)cc([N+](=O)[O-])cc1[N+](=O)[O-]. The van der Waals surface area contributed by atoms with Crippen LogP contribution in [0.15, 0.2) is 12.1 Å². The van der Waals surface area contributed by atoms with E-state index in [1.165, 1.54) is 0 Å². The van der Waals surface area contributed by atoms with E-state index >= 15 is 0 Å². The fourth-order valence-electron chi connectivity index (χ4n) is 1.42. The maximum absolute atomic E-state index is 10.9. The van der Waals surface area contributed by atoms with Crippen LogP contribution in [0, 0.1) is 20.2 Å². The Bertz CT molecular complexity index is 659. The average Bonchev–Trinajstić information content (AvgIpc) is 2.28. The topological polar surface area (TPSA) is 130 Å². The molecule has 0 saturated heterocycles. The second-order valence-corrected chi connectivity index (χ2v) is 5.77. The van der Waals surface area contributed by atoms with Crippen molar-refractivity contribution < 1.29 is 22.4 Å². The molecule has 0 N–H and O–H groups in total. The van der Waals surface area contributed by atoms with Gasteiger partial charge in [0.2, 0.25) is 0 Å². The van der Waals surface area contributed by atoms with Crippen molar-refractivity contribution in [1.82, 2.24) is 0 Å². The molecule has 0 aromatic heterocycles. The molecule has 0 unspecified atom stereocenters. The van der Waals surface area contributed by atoms with E-state index in [0.717, 1.165) is 18.4 Å². The molecule has 0 spiro atoms. The molecular weight excluding hydrogens is 316 g/mol. The van der Waals surface area contributed by atoms with Gasteiger partial charge in [0, 0.05) is 12.5 Å². The van der Waals surface area contributed by atoms with E-state index in [-0.39, 0.29) is 23.6 Å². The number of nitro benzene ring substituents is 2. The summed E-state index contributed by atoms with van der Waals surface area (Å²) < 4.78 is 26.0. The quantitative estimate of drug-likeness (QED) is 0.442. The van der Waals surface area contributed by atoms with Gasteiger partial charge in [-0.1, -0.05) is 11.6 Å². The second-order valence-electron chi connectivity index (χ2n) is 3.72. The summed E-state index contributed by atoms with van der Waals surface area (Å²) in [7, 11) is -3.68. The molecule has 9 nitrogen and oxygen atoms in total. The predicted molar refractivity (Wildman–Crippen MR) is 69.3 cm³/mol. The van der Waals surface area contributed by atoms with E-state index < -0.39 is 31.3 Å². The molecule has 0 fully saturated rings. The van der Waals surface area contributed by atoms with Crippen molar-refractivity contribution in [2.75, 3.05) is 12.9 Å². The van der Waals surface area contributed by atoms with Crippen LogP contribution in [0.25, 0.3) is 0 Å². The number of rotatable bonds is 6. The Kier molecular flexibility index (Phi) is 4.98. The Morgan fingerprint density at radius 1 is 1.25 bits per heavy atom. The molecule has 0 radical (unpaired) electrons. The molecule has 0 saturated carbocycles. The normalized spacial score (nSPS) is 11.3. The summed E-state index contributed by atoms with van der Waals surface area (Å²) in [6.45, 7) is -0.350. The molecule has 0 amide bonds. The summed E-state index contributed by atoms with van der Waals surface area (Å²) in [4.78, 5) is 19.8. The van der Waals surface area contributed by atoms with Crippen molar-refractivity contribution >= 4 is 33.1 Å². The lowest BCUT2D eigenvalue weighted by Crippen LogP contribution is -2.08. The van der Waals surface area contributed by atoms with Crippen molar-refractivity contribution in [3.63, 3.8) is 0 Å². The van der Waals surface area contributed by atoms with Crippen molar-refractivity contribution in [2.45, 2.75) is 6.42 Å². The zero-order chi connectivity index (χ0) is 15.5. The third-order valence-electron chi connectivity index (χ3n) is 2.21. The Balaban J connectivity index is 3.12. The fraction of sp³-hybridized carbons (Fsp3) is 0.333. The van der Waals surface area contributed by atoms with Gasteiger partial charge in [-0.05, 0) is 0 Å². The molecule has 0 aliphatic heterocycles. The van der Waals surface area contributed by atoms with Crippen LogP contribution < -0.4 is 0 Å². The van der Waals surface area contributed by atoms with Crippen LogP contribution in [0.3, 0.4) is 0 Å². The van der Waals surface area contributed by atoms with Crippen LogP contribution in [0.1, 0.15) is 5.56 Å². The largest absolute Gasteiger partial charge is 0.281 e. The molecule has 1 aromatic rings. The van der Waals surface area contributed by atoms with Crippen molar-refractivity contribution in [1.29, 1.82) is 0 Å². The minimum absolute atomic E-state index is 0.0223. The van der Waals surface area contributed by atoms with Gasteiger partial charge in [0.1, 0.15) is 0 Å². The zero-order valence-corrected chi connectivity index (χ0v) is 11.7. The summed E-state index contributed by atoms with van der Waals surface area (Å²) in [5, 5.41) is 21.3. The first-order valence-electron chi connectivity index (χ1n) is 5.07. The molecule has 20 heavy (non-hydrogen) atoms. The lowest BCUT2D eigenvalue weighted by atomic mass is 10.1. The van der Waals surface area contributed by atoms with Gasteiger partial charge < -0.3 is 0 Å². The van der Waals surface area contributed by atoms with E-state index in [0.29, 0.717) is 0 Å². The van der Waals surface area contributed by atoms with Crippen LogP contribution in [0.4, 0.5) is 11.4 Å². The van der Waals surface area contributed by atoms with E-state index in [1.54, 1.807) is 0 Å². The summed E-state index contributed by atoms with van der Waals surface area (Å²) in [5.74, 6) is 0. The lowest BCUT2D eigenvalue weighted by Gasteiger charge is -2.05. The summed E-state index contributed by atoms with van der Waals surface area (Å²) in [6, 6.07) is 1.73. The van der Waals surface area contributed by atoms with Crippen LogP contribution in [0.5, 0.6) is 0 Å². The van der Waals surface area contributed by atoms with Crippen LogP contribution in [0.2, 0.25) is 5.02 Å². The first kappa shape index (κ1) is 16.3. The number of nitro groups is 2. The summed E-state index contributed by atoms with van der Waals surface area (Å²) in [6.07, 6.45) is 0.666. The minimum Gasteiger partial charge on any atom is -0.270 e. The molecule has 1 rings (SSSR count). The molecule has 0 atom stereocenters. The van der Waals surface area contributed by atoms with E-state index in [9.17, 15) is 28.6 Å². The highest BCUT2D eigenvalue weighted by atomic mass is 35.5. The Morgan fingerprint density at radius 3 is 2.30 bits per heavy atom. The maximum atomic E-state index is 10.9. The first-order chi connectivity index (χ1) is 9.11. The fourth-order valence-corrected chi connectivity index (χ4v) is 2.11. The lowest BCUT2D eigenvalue weighted by molar-refractivity contribution is -0.394. The van der Waals surface area contributed by atoms with E-state index in [2.05, 4.69) is 4.18 Å². The van der Waals surface area contributed by atoms with Crippen molar-refractivity contribution in [3.8, 4) is 0 Å². The maximum Gasteiger partial charge on any atom is 0.281 e. The zero-order valence-electron chi connectivity index (χ0n) is 10.1. The van der Waals surface area contributed by atoms with Gasteiger partial charge >= 0.3 is 0 Å². The van der Waals surface area contributed by atoms with Gasteiger partial charge in [0.15, 0.2) is 0 Å². The number of non-ortho nitro benzene ring substituents is 1. The Labute approximate surface area is 118 Å². The highest BCUT2D eigenvalue weighted by molar-refractivity contribution is 7.85. The van der Waals surface area contributed by atoms with Crippen molar-refractivity contribution in [3.05, 3.63) is 42.9 Å². The number of benzene rings is 1. The number of hydrogen-bond acceptors (Lipinski definition) is 7. The predicted octanol–water partition coefficient (Wildman–Crippen LogP) is 1.68. The molecule has 110 valence electrons. The van der Waals surface area contributed by atoms with Crippen LogP contribution in [-0.4, -0.2) is 31.1 Å². The van der Waals surface area contributed by atoms with E-state index in [1.807, 2.05) is 0 Å². The number of nitrogens with zero attached hydrogens (tertiary/aromatic N) is 2. The highest BCUT2D eigenvalue weighted by Gasteiger charge is 2.23. The van der Waals surface area contributed by atoms with Crippen molar-refractivity contribution in [2.24, 2.45) is 0 Å². The van der Waals surface area contributed by atoms with Gasteiger partial charge in [0.05, 0.1) is 39.4 Å². The van der Waals surface area contributed by atoms with Crippen LogP contribution >= 0.6 is 11.6 Å². The standard InChI is InChI=1S/C9H9ClN2O7S/c1-20(17,18)19-3-2-7-8(10)4-6(11(13)14)5-9(7)12(15)16/h4-5H,2-3H2,1H3.